The van der Waals surface area contributed by atoms with Gasteiger partial charge in [-0.15, -0.1) is 6.58 Å². The smallest absolute Gasteiger partial charge is 0.320 e. The van der Waals surface area contributed by atoms with E-state index in [1.165, 1.54) is 13.0 Å². The van der Waals surface area contributed by atoms with Crippen LogP contribution < -0.4 is 10.6 Å². The molecule has 0 aromatic rings. The van der Waals surface area contributed by atoms with Gasteiger partial charge < -0.3 is 15.5 Å². The zero-order chi connectivity index (χ0) is 15.3. The van der Waals surface area contributed by atoms with Crippen LogP contribution in [0.5, 0.6) is 0 Å². The van der Waals surface area contributed by atoms with Crippen molar-refractivity contribution in [1.29, 1.82) is 0 Å². The van der Waals surface area contributed by atoms with Gasteiger partial charge in [-0.1, -0.05) is 18.2 Å². The van der Waals surface area contributed by atoms with Crippen molar-refractivity contribution >= 4 is 11.9 Å². The Labute approximate surface area is 118 Å². The average Bonchev–Trinajstić information content (AvgIpc) is 2.79. The summed E-state index contributed by atoms with van der Waals surface area (Å²) < 4.78 is 0. The number of aliphatic hydroxyl groups excluding tert-OH is 1. The van der Waals surface area contributed by atoms with E-state index in [0.717, 1.165) is 0 Å². The Kier molecular flexibility index (Phi) is 5.91. The lowest BCUT2D eigenvalue weighted by Gasteiger charge is -2.30. The molecular formula is C14H22N2O4. The molecule has 0 aromatic carbocycles. The first-order chi connectivity index (χ1) is 9.40. The fourth-order valence-electron chi connectivity index (χ4n) is 2.60. The first-order valence-electron chi connectivity index (χ1n) is 6.60. The minimum absolute atomic E-state index is 0.0763. The molecule has 1 amide bonds. The Morgan fingerprint density at radius 1 is 1.50 bits per heavy atom. The molecule has 1 rings (SSSR count). The summed E-state index contributed by atoms with van der Waals surface area (Å²) in [7, 11) is 0. The van der Waals surface area contributed by atoms with Crippen molar-refractivity contribution in [2.75, 3.05) is 0 Å². The van der Waals surface area contributed by atoms with Crippen molar-refractivity contribution in [2.45, 2.75) is 44.5 Å². The molecule has 1 fully saturated rings. The number of hydrogen-bond acceptors (Lipinski definition) is 4. The molecule has 0 bridgehead atoms. The molecule has 1 saturated heterocycles. The van der Waals surface area contributed by atoms with Crippen LogP contribution in [0.4, 0.5) is 0 Å². The van der Waals surface area contributed by atoms with Crippen LogP contribution in [0, 0.1) is 5.92 Å². The van der Waals surface area contributed by atoms with Gasteiger partial charge in [0.05, 0.1) is 12.1 Å². The van der Waals surface area contributed by atoms with Gasteiger partial charge in [0.1, 0.15) is 6.04 Å². The summed E-state index contributed by atoms with van der Waals surface area (Å²) in [5, 5.41) is 24.8. The predicted molar refractivity (Wildman–Crippen MR) is 75.1 cm³/mol. The number of carboxylic acids is 1. The molecule has 1 aliphatic heterocycles. The second-order valence-electron chi connectivity index (χ2n) is 4.96. The van der Waals surface area contributed by atoms with E-state index in [-0.39, 0.29) is 17.9 Å². The summed E-state index contributed by atoms with van der Waals surface area (Å²) in [6.45, 7) is 6.73. The minimum Gasteiger partial charge on any atom is -0.480 e. The largest absolute Gasteiger partial charge is 0.480 e. The molecule has 1 aliphatic rings. The Morgan fingerprint density at radius 3 is 2.60 bits per heavy atom. The third-order valence-corrected chi connectivity index (χ3v) is 3.47. The summed E-state index contributed by atoms with van der Waals surface area (Å²) in [6, 6.07) is -1.66. The van der Waals surface area contributed by atoms with Crippen LogP contribution in [0.3, 0.4) is 0 Å². The summed E-state index contributed by atoms with van der Waals surface area (Å²) in [5.74, 6) is -1.29. The van der Waals surface area contributed by atoms with Crippen molar-refractivity contribution in [3.8, 4) is 0 Å². The first-order valence-corrected chi connectivity index (χ1v) is 6.60. The molecule has 1 heterocycles. The SMILES string of the molecule is C=C[C@@H](O)[C@H](NC(C)=O)[C@@H]1N[C@@H](C(=O)O)C[C@H]1/C=C\C. The number of nitrogens with one attached hydrogen (secondary N) is 2. The van der Waals surface area contributed by atoms with Gasteiger partial charge in [-0.25, -0.2) is 0 Å². The molecule has 0 radical (unpaired) electrons. The van der Waals surface area contributed by atoms with E-state index in [9.17, 15) is 14.7 Å². The third kappa shape index (κ3) is 3.91. The first kappa shape index (κ1) is 16.4. The zero-order valence-electron chi connectivity index (χ0n) is 11.7. The molecular weight excluding hydrogens is 260 g/mol. The van der Waals surface area contributed by atoms with Crippen LogP contribution in [0.25, 0.3) is 0 Å². The Morgan fingerprint density at radius 2 is 2.15 bits per heavy atom. The van der Waals surface area contributed by atoms with Gasteiger partial charge in [-0.3, -0.25) is 14.9 Å². The quantitative estimate of drug-likeness (QED) is 0.516. The molecule has 20 heavy (non-hydrogen) atoms. The van der Waals surface area contributed by atoms with Gasteiger partial charge >= 0.3 is 5.97 Å². The van der Waals surface area contributed by atoms with E-state index >= 15 is 0 Å². The predicted octanol–water partition coefficient (Wildman–Crippen LogP) is 0.0454. The van der Waals surface area contributed by atoms with Crippen molar-refractivity contribution in [1.82, 2.24) is 10.6 Å². The van der Waals surface area contributed by atoms with Gasteiger partial charge in [0.2, 0.25) is 5.91 Å². The van der Waals surface area contributed by atoms with Crippen molar-refractivity contribution in [3.63, 3.8) is 0 Å². The maximum Gasteiger partial charge on any atom is 0.320 e. The lowest BCUT2D eigenvalue weighted by molar-refractivity contribution is -0.139. The average molecular weight is 282 g/mol. The van der Waals surface area contributed by atoms with Crippen molar-refractivity contribution < 1.29 is 19.8 Å². The molecule has 5 atom stereocenters. The molecule has 0 unspecified atom stereocenters. The Hall–Kier alpha value is -1.66. The molecule has 0 spiro atoms. The topological polar surface area (TPSA) is 98.7 Å². The molecule has 0 aliphatic carbocycles. The van der Waals surface area contributed by atoms with Crippen LogP contribution in [0.2, 0.25) is 0 Å². The molecule has 0 aromatic heterocycles. The van der Waals surface area contributed by atoms with Crippen molar-refractivity contribution in [2.24, 2.45) is 5.92 Å². The maximum absolute atomic E-state index is 11.3. The van der Waals surface area contributed by atoms with Crippen LogP contribution in [0.15, 0.2) is 24.8 Å². The molecule has 6 nitrogen and oxygen atoms in total. The number of aliphatic carboxylic acids is 1. The van der Waals surface area contributed by atoms with Gasteiger partial charge in [-0.05, 0) is 19.3 Å². The Balaban J connectivity index is 2.98. The highest BCUT2D eigenvalue weighted by Gasteiger charge is 2.42. The third-order valence-electron chi connectivity index (χ3n) is 3.47. The highest BCUT2D eigenvalue weighted by molar-refractivity contribution is 5.75. The van der Waals surface area contributed by atoms with Gasteiger partial charge in [0.25, 0.3) is 0 Å². The van der Waals surface area contributed by atoms with E-state index in [1.54, 1.807) is 0 Å². The number of carboxylic acid groups (broad SMARTS) is 1. The second kappa shape index (κ2) is 7.21. The second-order valence-corrected chi connectivity index (χ2v) is 4.96. The van der Waals surface area contributed by atoms with E-state index in [2.05, 4.69) is 17.2 Å². The van der Waals surface area contributed by atoms with E-state index < -0.39 is 24.2 Å². The van der Waals surface area contributed by atoms with Crippen molar-refractivity contribution in [3.05, 3.63) is 24.8 Å². The van der Waals surface area contributed by atoms with Crippen LogP contribution in [-0.4, -0.2) is 46.3 Å². The van der Waals surface area contributed by atoms with E-state index in [4.69, 9.17) is 5.11 Å². The summed E-state index contributed by atoms with van der Waals surface area (Å²) >= 11 is 0. The number of allylic oxidation sites excluding steroid dienone is 1. The fraction of sp³-hybridized carbons (Fsp3) is 0.571. The number of amides is 1. The highest BCUT2D eigenvalue weighted by atomic mass is 16.4. The van der Waals surface area contributed by atoms with Gasteiger partial charge in [-0.2, -0.15) is 0 Å². The standard InChI is InChI=1S/C14H22N2O4/c1-4-6-9-7-10(14(19)20)16-12(9)13(11(18)5-2)15-8(3)17/h4-6,9-13,16,18H,2,7H2,1,3H3,(H,15,17)(H,19,20)/b6-4-/t9-,10-,11-,12-,13+/m1/s1. The summed E-state index contributed by atoms with van der Waals surface area (Å²) in [5.41, 5.74) is 0. The Bertz CT molecular complexity index is 408. The maximum atomic E-state index is 11.3. The molecule has 0 saturated carbocycles. The molecule has 112 valence electrons. The fourth-order valence-corrected chi connectivity index (χ4v) is 2.60. The lowest BCUT2D eigenvalue weighted by Crippen LogP contribution is -2.56. The van der Waals surface area contributed by atoms with E-state index in [0.29, 0.717) is 6.42 Å². The van der Waals surface area contributed by atoms with Gasteiger partial charge in [0.15, 0.2) is 0 Å². The van der Waals surface area contributed by atoms with Crippen LogP contribution >= 0.6 is 0 Å². The number of aliphatic hydroxyl groups is 1. The lowest BCUT2D eigenvalue weighted by atomic mass is 9.90. The van der Waals surface area contributed by atoms with Crippen LogP contribution in [0.1, 0.15) is 20.3 Å². The molecule has 6 heteroatoms. The number of rotatable bonds is 6. The number of carbonyl (C=O) groups excluding carboxylic acids is 1. The monoisotopic (exact) mass is 282 g/mol. The number of hydrogen-bond donors (Lipinski definition) is 4. The molecule has 4 N–H and O–H groups in total. The summed E-state index contributed by atoms with van der Waals surface area (Å²) in [6.07, 6.45) is 4.55. The van der Waals surface area contributed by atoms with Crippen LogP contribution in [-0.2, 0) is 9.59 Å². The normalized spacial score (nSPS) is 29.1. The highest BCUT2D eigenvalue weighted by Crippen LogP contribution is 2.26. The number of carbonyl (C=O) groups is 2. The zero-order valence-corrected chi connectivity index (χ0v) is 11.7. The summed E-state index contributed by atoms with van der Waals surface area (Å²) in [4.78, 5) is 22.4. The van der Waals surface area contributed by atoms with Gasteiger partial charge in [0, 0.05) is 13.0 Å². The van der Waals surface area contributed by atoms with E-state index in [1.807, 2.05) is 19.1 Å². The minimum atomic E-state index is -0.947.